The first-order chi connectivity index (χ1) is 29.4. The number of methoxy groups -OCH3 is 2. The monoisotopic (exact) mass is 865 g/mol. The number of ether oxygens (including phenoxy) is 3. The lowest BCUT2D eigenvalue weighted by molar-refractivity contribution is -0.163. The molecule has 9 heteroatoms. The van der Waals surface area contributed by atoms with Gasteiger partial charge in [-0.3, -0.25) is 19.2 Å². The fourth-order valence-electron chi connectivity index (χ4n) is 10.3. The van der Waals surface area contributed by atoms with Gasteiger partial charge in [-0.1, -0.05) is 103 Å². The number of carbonyl (C=O) groups is 4. The molecule has 0 aromatic carbocycles. The molecule has 2 saturated carbocycles. The minimum Gasteiger partial charge on any atom is -0.459 e. The molecule has 0 amide bonds. The quantitative estimate of drug-likeness (QED) is 0.0180. The van der Waals surface area contributed by atoms with Crippen LogP contribution < -0.4 is 11.1 Å². The van der Waals surface area contributed by atoms with Gasteiger partial charge in [0.25, 0.3) is 0 Å². The molecule has 0 bridgehead atoms. The summed E-state index contributed by atoms with van der Waals surface area (Å²) in [6, 6.07) is 0.205. The fraction of sp³-hybridized carbons (Fsp3) is 0.774. The highest BCUT2D eigenvalue weighted by molar-refractivity contribution is 6.39. The highest BCUT2D eigenvalue weighted by Crippen LogP contribution is 2.50. The van der Waals surface area contributed by atoms with Gasteiger partial charge in [-0.15, -0.1) is 0 Å². The van der Waals surface area contributed by atoms with Gasteiger partial charge in [0.1, 0.15) is 18.0 Å². The van der Waals surface area contributed by atoms with Crippen LogP contribution >= 0.6 is 0 Å². The van der Waals surface area contributed by atoms with E-state index in [0.29, 0.717) is 30.7 Å². The second-order valence-corrected chi connectivity index (χ2v) is 20.2. The van der Waals surface area contributed by atoms with E-state index in [4.69, 9.17) is 19.9 Å². The lowest BCUT2D eigenvalue weighted by Gasteiger charge is -2.36. The molecule has 3 aliphatic rings. The summed E-state index contributed by atoms with van der Waals surface area (Å²) in [6.07, 6.45) is 25.1. The number of allylic oxidation sites excluding steroid dienone is 6. The van der Waals surface area contributed by atoms with Crippen molar-refractivity contribution in [3.05, 3.63) is 47.6 Å². The maximum atomic E-state index is 13.5. The van der Waals surface area contributed by atoms with Crippen molar-refractivity contribution in [3.63, 3.8) is 0 Å². The molecule has 9 nitrogen and oxygen atoms in total. The second-order valence-electron chi connectivity index (χ2n) is 20.2. The van der Waals surface area contributed by atoms with Crippen LogP contribution in [0.1, 0.15) is 159 Å². The Morgan fingerprint density at radius 3 is 2.18 bits per heavy atom. The average Bonchev–Trinajstić information content (AvgIpc) is 4.16. The summed E-state index contributed by atoms with van der Waals surface area (Å²) >= 11 is 0. The summed E-state index contributed by atoms with van der Waals surface area (Å²) in [5.41, 5.74) is 8.78. The molecular weight excluding hydrogens is 777 g/mol. The molecule has 352 valence electrons. The number of carbonyl (C=O) groups excluding carboxylic acids is 4. The Kier molecular flexibility index (Phi) is 23.3. The molecule has 15 atom stereocenters. The predicted octanol–water partition coefficient (Wildman–Crippen LogP) is 10.5. The standard InChI is InChI=1S/C53H88N2O7/c1-13-19-49(58)62-52(39(8)28-33(2)20-15-14-16-21-35(4)48(60-11)23-18-17-22-46-50(55-46)51(59)41(10)56)53(61-12)40(9)36(5)30-38(7)47(57)27-24-34(3)29-42-25-26-45(54)44(32-42)43-31-37(43)6/h14-16,20-21,30,33-34,37-40,42-46,48,50,52-53,55H,13,17-19,22-29,31-32,54H2,1-12H3/b16-14+,20-15+,35-21+,36-30+/t33-,34+,37?,38-,39?,40?,42?,43?,44?,45-,46?,48+,50?,52?,53-/m1/s1. The van der Waals surface area contributed by atoms with Crippen molar-refractivity contribution in [2.24, 2.45) is 59.0 Å². The topological polar surface area (TPSA) is 144 Å². The number of hydrogen-bond acceptors (Lipinski definition) is 9. The molecule has 1 heterocycles. The fourth-order valence-corrected chi connectivity index (χ4v) is 10.3. The van der Waals surface area contributed by atoms with E-state index in [1.807, 2.05) is 26.0 Å². The Labute approximate surface area is 377 Å². The van der Waals surface area contributed by atoms with Crippen molar-refractivity contribution in [2.75, 3.05) is 14.2 Å². The normalized spacial score (nSPS) is 28.2. The smallest absolute Gasteiger partial charge is 0.306 e. The number of ketones is 3. The molecule has 0 aromatic heterocycles. The zero-order chi connectivity index (χ0) is 46.1. The molecule has 2 aliphatic carbocycles. The molecular formula is C53H88N2O7. The molecule has 3 N–H and O–H groups in total. The molecule has 1 aliphatic heterocycles. The summed E-state index contributed by atoms with van der Waals surface area (Å²) in [4.78, 5) is 49.6. The van der Waals surface area contributed by atoms with Gasteiger partial charge in [0, 0.05) is 57.9 Å². The summed E-state index contributed by atoms with van der Waals surface area (Å²) in [5, 5.41) is 3.13. The van der Waals surface area contributed by atoms with E-state index >= 15 is 0 Å². The van der Waals surface area contributed by atoms with Gasteiger partial charge in [-0.2, -0.15) is 0 Å². The number of Topliss-reactive ketones (excluding diaryl/α,β-unsaturated/α-hetero) is 3. The highest BCUT2D eigenvalue weighted by atomic mass is 16.6. The molecule has 0 radical (unpaired) electrons. The zero-order valence-electron chi connectivity index (χ0n) is 41.0. The van der Waals surface area contributed by atoms with Gasteiger partial charge >= 0.3 is 5.97 Å². The van der Waals surface area contributed by atoms with Gasteiger partial charge in [0.15, 0.2) is 5.78 Å². The van der Waals surface area contributed by atoms with Crippen LogP contribution in [0, 0.1) is 53.3 Å². The second kappa shape index (κ2) is 26.9. The van der Waals surface area contributed by atoms with Gasteiger partial charge in [0.05, 0.1) is 12.1 Å². The molecule has 9 unspecified atom stereocenters. The van der Waals surface area contributed by atoms with E-state index in [1.165, 1.54) is 32.6 Å². The van der Waals surface area contributed by atoms with E-state index in [1.54, 1.807) is 14.2 Å². The first kappa shape index (κ1) is 53.6. The van der Waals surface area contributed by atoms with Crippen LogP contribution in [0.2, 0.25) is 0 Å². The third kappa shape index (κ3) is 17.7. The van der Waals surface area contributed by atoms with Gasteiger partial charge in [-0.05, 0) is 125 Å². The predicted molar refractivity (Wildman–Crippen MR) is 252 cm³/mol. The van der Waals surface area contributed by atoms with E-state index in [2.05, 4.69) is 78.1 Å². The van der Waals surface area contributed by atoms with Crippen LogP contribution in [0.4, 0.5) is 0 Å². The number of unbranched alkanes of at least 4 members (excludes halogenated alkanes) is 1. The molecule has 3 rings (SSSR count). The van der Waals surface area contributed by atoms with Crippen molar-refractivity contribution in [1.82, 2.24) is 5.32 Å². The third-order valence-corrected chi connectivity index (χ3v) is 14.6. The maximum Gasteiger partial charge on any atom is 0.306 e. The Morgan fingerprint density at radius 1 is 0.839 bits per heavy atom. The van der Waals surface area contributed by atoms with Crippen molar-refractivity contribution in [2.45, 2.75) is 196 Å². The molecule has 0 spiro atoms. The molecule has 3 fully saturated rings. The van der Waals surface area contributed by atoms with Gasteiger partial charge in [0.2, 0.25) is 5.78 Å². The van der Waals surface area contributed by atoms with Crippen LogP contribution in [0.5, 0.6) is 0 Å². The van der Waals surface area contributed by atoms with E-state index in [-0.39, 0.29) is 71.3 Å². The zero-order valence-corrected chi connectivity index (χ0v) is 41.0. The average molecular weight is 865 g/mol. The van der Waals surface area contributed by atoms with Crippen LogP contribution in [0.3, 0.4) is 0 Å². The summed E-state index contributed by atoms with van der Waals surface area (Å²) in [5.74, 6) is 3.03. The van der Waals surface area contributed by atoms with Crippen LogP contribution in [-0.4, -0.2) is 74.0 Å². The van der Waals surface area contributed by atoms with E-state index < -0.39 is 6.10 Å². The van der Waals surface area contributed by atoms with Gasteiger partial charge < -0.3 is 25.3 Å². The highest BCUT2D eigenvalue weighted by Gasteiger charge is 2.45. The maximum absolute atomic E-state index is 13.5. The minimum atomic E-state index is -0.436. The Hall–Kier alpha value is -2.72. The molecule has 62 heavy (non-hydrogen) atoms. The van der Waals surface area contributed by atoms with Crippen molar-refractivity contribution < 1.29 is 33.4 Å². The van der Waals surface area contributed by atoms with Crippen molar-refractivity contribution in [3.8, 4) is 0 Å². The van der Waals surface area contributed by atoms with Crippen LogP contribution in [0.25, 0.3) is 0 Å². The first-order valence-electron chi connectivity index (χ1n) is 24.5. The SMILES string of the molecule is CCCC(=O)OC(C(C)C[C@H](C)/C=C/C=C/C=C(\C)[C@H](CCCCC1NC1C(=O)C(C)=O)OC)[C@H](OC)C(C)/C(C)=C/[C@@H](C)C(=O)CC[C@H](C)CC1CC[C@@H](N)C(C2CC2C)C1. The van der Waals surface area contributed by atoms with Gasteiger partial charge in [-0.25, -0.2) is 0 Å². The molecule has 0 aromatic rings. The number of esters is 1. The molecule has 1 saturated heterocycles. The number of rotatable bonds is 30. The van der Waals surface area contributed by atoms with E-state index in [9.17, 15) is 19.2 Å². The first-order valence-corrected chi connectivity index (χ1v) is 24.5. The van der Waals surface area contributed by atoms with E-state index in [0.717, 1.165) is 80.3 Å². The van der Waals surface area contributed by atoms with Crippen molar-refractivity contribution >= 4 is 23.3 Å². The summed E-state index contributed by atoms with van der Waals surface area (Å²) < 4.78 is 18.1. The largest absolute Gasteiger partial charge is 0.459 e. The van der Waals surface area contributed by atoms with Crippen LogP contribution in [-0.2, 0) is 33.4 Å². The van der Waals surface area contributed by atoms with Crippen LogP contribution in [0.15, 0.2) is 47.6 Å². The summed E-state index contributed by atoms with van der Waals surface area (Å²) in [7, 11) is 3.44. The number of nitrogens with one attached hydrogen (secondary N) is 1. The summed E-state index contributed by atoms with van der Waals surface area (Å²) in [6.45, 7) is 20.6. The van der Waals surface area contributed by atoms with Crippen molar-refractivity contribution in [1.29, 1.82) is 0 Å². The Morgan fingerprint density at radius 2 is 1.55 bits per heavy atom. The Bertz CT molecular complexity index is 1550. The number of hydrogen-bond donors (Lipinski definition) is 2. The third-order valence-electron chi connectivity index (χ3n) is 14.6. The lowest BCUT2D eigenvalue weighted by Crippen LogP contribution is -2.42. The minimum absolute atomic E-state index is 0.0189. The number of nitrogens with two attached hydrogens (primary N) is 1. The lowest BCUT2D eigenvalue weighted by atomic mass is 9.72. The Balaban J connectivity index is 1.51.